The molecular formula is C18H15ClN2O3S. The van der Waals surface area contributed by atoms with E-state index in [-0.39, 0.29) is 11.5 Å². The molecule has 0 aliphatic rings. The lowest BCUT2D eigenvalue weighted by molar-refractivity contribution is 0.102. The van der Waals surface area contributed by atoms with Crippen molar-refractivity contribution in [3.05, 3.63) is 70.6 Å². The van der Waals surface area contributed by atoms with Crippen LogP contribution in [0.1, 0.15) is 21.8 Å². The number of thioether (sulfide) groups is 1. The van der Waals surface area contributed by atoms with E-state index in [0.29, 0.717) is 28.1 Å². The number of carbonyl (C=O) groups is 1. The van der Waals surface area contributed by atoms with Crippen molar-refractivity contribution in [2.24, 2.45) is 0 Å². The van der Waals surface area contributed by atoms with Gasteiger partial charge in [-0.2, -0.15) is 0 Å². The zero-order valence-corrected chi connectivity index (χ0v) is 15.0. The number of methoxy groups -OCH3 is 1. The van der Waals surface area contributed by atoms with Gasteiger partial charge in [-0.15, -0.1) is 10.2 Å². The molecule has 25 heavy (non-hydrogen) atoms. The summed E-state index contributed by atoms with van der Waals surface area (Å²) in [5, 5.41) is 8.97. The van der Waals surface area contributed by atoms with Crippen molar-refractivity contribution in [3.63, 3.8) is 0 Å². The number of halogens is 1. The van der Waals surface area contributed by atoms with Crippen LogP contribution in [0.15, 0.2) is 58.2 Å². The molecule has 0 atom stereocenters. The second-order valence-electron chi connectivity index (χ2n) is 5.21. The van der Waals surface area contributed by atoms with Crippen molar-refractivity contribution in [3.8, 4) is 5.75 Å². The molecule has 128 valence electrons. The number of rotatable bonds is 7. The third kappa shape index (κ3) is 4.84. The molecule has 0 N–H and O–H groups in total. The summed E-state index contributed by atoms with van der Waals surface area (Å²) in [7, 11) is 1.63. The van der Waals surface area contributed by atoms with Gasteiger partial charge in [-0.1, -0.05) is 35.5 Å². The summed E-state index contributed by atoms with van der Waals surface area (Å²) < 4.78 is 10.7. The summed E-state index contributed by atoms with van der Waals surface area (Å²) in [5.74, 6) is 1.51. The van der Waals surface area contributed by atoms with Gasteiger partial charge >= 0.3 is 0 Å². The molecule has 1 aromatic heterocycles. The van der Waals surface area contributed by atoms with E-state index >= 15 is 0 Å². The molecule has 0 spiro atoms. The van der Waals surface area contributed by atoms with E-state index in [2.05, 4.69) is 10.2 Å². The second kappa shape index (κ2) is 8.18. The number of ether oxygens (including phenoxy) is 1. The molecule has 3 aromatic rings. The smallest absolute Gasteiger partial charge is 0.277 e. The first-order valence-electron chi connectivity index (χ1n) is 7.51. The molecule has 2 aromatic carbocycles. The summed E-state index contributed by atoms with van der Waals surface area (Å²) in [6.45, 7) is 0. The van der Waals surface area contributed by atoms with Gasteiger partial charge in [0.25, 0.3) is 5.22 Å². The van der Waals surface area contributed by atoms with Gasteiger partial charge in [0.15, 0.2) is 5.78 Å². The number of hydrogen-bond donors (Lipinski definition) is 0. The van der Waals surface area contributed by atoms with Crippen LogP contribution in [0, 0.1) is 0 Å². The molecule has 0 aliphatic heterocycles. The normalized spacial score (nSPS) is 10.6. The molecule has 0 aliphatic carbocycles. The van der Waals surface area contributed by atoms with E-state index in [9.17, 15) is 4.79 Å². The quantitative estimate of drug-likeness (QED) is 0.454. The number of hydrogen-bond acceptors (Lipinski definition) is 6. The Hall–Kier alpha value is -2.31. The highest BCUT2D eigenvalue weighted by molar-refractivity contribution is 7.99. The fraction of sp³-hybridized carbons (Fsp3) is 0.167. The Morgan fingerprint density at radius 2 is 1.84 bits per heavy atom. The lowest BCUT2D eigenvalue weighted by atomic mass is 10.1. The molecule has 0 bridgehead atoms. The van der Waals surface area contributed by atoms with Crippen LogP contribution < -0.4 is 4.74 Å². The minimum absolute atomic E-state index is 0.0171. The second-order valence-corrected chi connectivity index (χ2v) is 6.57. The molecule has 1 heterocycles. The Labute approximate surface area is 154 Å². The predicted octanol–water partition coefficient (Wildman–Crippen LogP) is 4.30. The minimum Gasteiger partial charge on any atom is -0.497 e. The zero-order valence-electron chi connectivity index (χ0n) is 13.4. The summed E-state index contributed by atoms with van der Waals surface area (Å²) >= 11 is 7.04. The van der Waals surface area contributed by atoms with Crippen molar-refractivity contribution in [2.45, 2.75) is 11.6 Å². The topological polar surface area (TPSA) is 65.2 Å². The predicted molar refractivity (Wildman–Crippen MR) is 96.6 cm³/mol. The molecule has 0 radical (unpaired) electrons. The van der Waals surface area contributed by atoms with E-state index in [4.69, 9.17) is 20.8 Å². The number of carbonyl (C=O) groups excluding carboxylic acids is 1. The largest absolute Gasteiger partial charge is 0.497 e. The van der Waals surface area contributed by atoms with E-state index in [0.717, 1.165) is 11.3 Å². The van der Waals surface area contributed by atoms with Gasteiger partial charge in [0, 0.05) is 10.6 Å². The first-order valence-corrected chi connectivity index (χ1v) is 8.87. The van der Waals surface area contributed by atoms with Crippen molar-refractivity contribution in [1.29, 1.82) is 0 Å². The van der Waals surface area contributed by atoms with Gasteiger partial charge < -0.3 is 9.15 Å². The Kier molecular flexibility index (Phi) is 5.73. The van der Waals surface area contributed by atoms with Crippen LogP contribution in [-0.4, -0.2) is 28.8 Å². The van der Waals surface area contributed by atoms with E-state index in [1.807, 2.05) is 24.3 Å². The van der Waals surface area contributed by atoms with Gasteiger partial charge in [0.05, 0.1) is 19.3 Å². The van der Waals surface area contributed by atoms with Gasteiger partial charge in [0.1, 0.15) is 5.75 Å². The number of benzene rings is 2. The lowest BCUT2D eigenvalue weighted by Crippen LogP contribution is -2.01. The molecular weight excluding hydrogens is 360 g/mol. The third-order valence-electron chi connectivity index (χ3n) is 3.46. The summed E-state index contributed by atoms with van der Waals surface area (Å²) in [5.41, 5.74) is 1.65. The number of Topliss-reactive ketones (excluding diaryl/α,β-unsaturated/α-hetero) is 1. The fourth-order valence-electron chi connectivity index (χ4n) is 2.13. The molecule has 0 fully saturated rings. The minimum atomic E-state index is -0.0171. The van der Waals surface area contributed by atoms with Crippen LogP contribution in [-0.2, 0) is 6.42 Å². The van der Waals surface area contributed by atoms with Crippen molar-refractivity contribution >= 4 is 29.1 Å². The van der Waals surface area contributed by atoms with Gasteiger partial charge in [-0.05, 0) is 42.0 Å². The van der Waals surface area contributed by atoms with Crippen LogP contribution in [0.3, 0.4) is 0 Å². The molecule has 0 unspecified atom stereocenters. The summed E-state index contributed by atoms with van der Waals surface area (Å²) in [6, 6.07) is 14.4. The number of nitrogens with zero attached hydrogens (tertiary/aromatic N) is 2. The SMILES string of the molecule is COc1ccc(Cc2nnc(SCC(=O)c3ccc(Cl)cc3)o2)cc1. The van der Waals surface area contributed by atoms with Crippen LogP contribution >= 0.6 is 23.4 Å². The van der Waals surface area contributed by atoms with Crippen LogP contribution in [0.2, 0.25) is 5.02 Å². The lowest BCUT2D eigenvalue weighted by Gasteiger charge is -2.00. The monoisotopic (exact) mass is 374 g/mol. The van der Waals surface area contributed by atoms with Gasteiger partial charge in [-0.25, -0.2) is 0 Å². The van der Waals surface area contributed by atoms with Gasteiger partial charge in [0.2, 0.25) is 5.89 Å². The molecule has 0 saturated heterocycles. The summed E-state index contributed by atoms with van der Waals surface area (Å²) in [6.07, 6.45) is 0.530. The van der Waals surface area contributed by atoms with Crippen molar-refractivity contribution in [1.82, 2.24) is 10.2 Å². The molecule has 0 amide bonds. The molecule has 7 heteroatoms. The average Bonchev–Trinajstić information content (AvgIpc) is 3.08. The van der Waals surface area contributed by atoms with E-state index in [1.54, 1.807) is 31.4 Å². The number of aromatic nitrogens is 2. The Bertz CT molecular complexity index is 848. The standard InChI is InChI=1S/C18H15ClN2O3S/c1-23-15-8-2-12(3-9-15)10-17-20-21-18(24-17)25-11-16(22)13-4-6-14(19)7-5-13/h2-9H,10-11H2,1H3. The fourth-order valence-corrected chi connectivity index (χ4v) is 2.93. The maximum Gasteiger partial charge on any atom is 0.277 e. The van der Waals surface area contributed by atoms with Crippen molar-refractivity contribution in [2.75, 3.05) is 12.9 Å². The molecule has 0 saturated carbocycles. The van der Waals surface area contributed by atoms with Crippen molar-refractivity contribution < 1.29 is 13.9 Å². The first kappa shape index (κ1) is 17.5. The molecule has 5 nitrogen and oxygen atoms in total. The van der Waals surface area contributed by atoms with Crippen LogP contribution in [0.25, 0.3) is 0 Å². The van der Waals surface area contributed by atoms with Crippen LogP contribution in [0.5, 0.6) is 5.75 Å². The first-order chi connectivity index (χ1) is 12.1. The maximum atomic E-state index is 12.1. The summed E-state index contributed by atoms with van der Waals surface area (Å²) in [4.78, 5) is 12.1. The highest BCUT2D eigenvalue weighted by Gasteiger charge is 2.12. The highest BCUT2D eigenvalue weighted by Crippen LogP contribution is 2.20. The van der Waals surface area contributed by atoms with Gasteiger partial charge in [-0.3, -0.25) is 4.79 Å². The number of ketones is 1. The Morgan fingerprint density at radius 1 is 1.12 bits per heavy atom. The molecule has 3 rings (SSSR count). The Morgan fingerprint density at radius 3 is 2.52 bits per heavy atom. The third-order valence-corrected chi connectivity index (χ3v) is 4.53. The van der Waals surface area contributed by atoms with E-state index < -0.39 is 0 Å². The highest BCUT2D eigenvalue weighted by atomic mass is 35.5. The zero-order chi connectivity index (χ0) is 17.6. The Balaban J connectivity index is 1.56. The van der Waals surface area contributed by atoms with E-state index in [1.165, 1.54) is 11.8 Å². The average molecular weight is 375 g/mol. The van der Waals surface area contributed by atoms with Crippen LogP contribution in [0.4, 0.5) is 0 Å². The maximum absolute atomic E-state index is 12.1.